The lowest BCUT2D eigenvalue weighted by Gasteiger charge is -2.40. The fourth-order valence-corrected chi connectivity index (χ4v) is 2.60. The maximum Gasteiger partial charge on any atom is 0.191 e. The van der Waals surface area contributed by atoms with Gasteiger partial charge in [-0.3, -0.25) is 9.89 Å². The molecular weight excluding hydrogens is 391 g/mol. The first-order valence-electron chi connectivity index (χ1n) is 8.45. The Kier molecular flexibility index (Phi) is 12.3. The van der Waals surface area contributed by atoms with Crippen molar-refractivity contribution in [1.29, 1.82) is 0 Å². The second-order valence-electron chi connectivity index (χ2n) is 6.18. The van der Waals surface area contributed by atoms with Crippen molar-refractivity contribution in [1.82, 2.24) is 15.5 Å². The van der Waals surface area contributed by atoms with Crippen LogP contribution in [0.15, 0.2) is 4.99 Å². The number of guanidine groups is 1. The zero-order valence-corrected chi connectivity index (χ0v) is 17.1. The molecule has 1 rings (SSSR count). The Hall–Kier alpha value is -0.0800. The van der Waals surface area contributed by atoms with Gasteiger partial charge in [0, 0.05) is 25.2 Å². The molecule has 0 spiro atoms. The van der Waals surface area contributed by atoms with Gasteiger partial charge in [0.2, 0.25) is 0 Å². The molecular formula is C16H35IN4O. The first-order chi connectivity index (χ1) is 10.1. The Labute approximate surface area is 153 Å². The van der Waals surface area contributed by atoms with Crippen molar-refractivity contribution < 1.29 is 4.74 Å². The molecule has 0 aromatic heterocycles. The second-order valence-corrected chi connectivity index (χ2v) is 6.18. The second kappa shape index (κ2) is 12.4. The number of likely N-dealkylation sites (tertiary alicyclic amines) is 1. The summed E-state index contributed by atoms with van der Waals surface area (Å²) in [7, 11) is 0. The van der Waals surface area contributed by atoms with Crippen LogP contribution in [0.1, 0.15) is 47.0 Å². The SMILES string of the molecule is CCNC(=NCC(C)(C)N1CCCCC1)NCCOCC.I. The highest BCUT2D eigenvalue weighted by molar-refractivity contribution is 14.0. The molecule has 1 saturated heterocycles. The average Bonchev–Trinajstić information content (AvgIpc) is 2.50. The molecule has 0 aromatic carbocycles. The van der Waals surface area contributed by atoms with Gasteiger partial charge in [0.1, 0.15) is 0 Å². The van der Waals surface area contributed by atoms with E-state index >= 15 is 0 Å². The van der Waals surface area contributed by atoms with E-state index < -0.39 is 0 Å². The van der Waals surface area contributed by atoms with E-state index in [0.717, 1.165) is 38.8 Å². The lowest BCUT2D eigenvalue weighted by Crippen LogP contribution is -2.49. The Morgan fingerprint density at radius 1 is 1.14 bits per heavy atom. The quantitative estimate of drug-likeness (QED) is 0.271. The third-order valence-electron chi connectivity index (χ3n) is 3.92. The van der Waals surface area contributed by atoms with E-state index in [-0.39, 0.29) is 29.5 Å². The molecule has 0 aromatic rings. The summed E-state index contributed by atoms with van der Waals surface area (Å²) in [5.74, 6) is 0.891. The Morgan fingerprint density at radius 2 is 1.82 bits per heavy atom. The molecule has 22 heavy (non-hydrogen) atoms. The predicted octanol–water partition coefficient (Wildman–Crippen LogP) is 2.46. The molecule has 0 radical (unpaired) electrons. The van der Waals surface area contributed by atoms with E-state index in [0.29, 0.717) is 0 Å². The lowest BCUT2D eigenvalue weighted by molar-refractivity contribution is 0.102. The van der Waals surface area contributed by atoms with Gasteiger partial charge >= 0.3 is 0 Å². The van der Waals surface area contributed by atoms with Gasteiger partial charge in [-0.2, -0.15) is 0 Å². The minimum absolute atomic E-state index is 0. The summed E-state index contributed by atoms with van der Waals surface area (Å²) < 4.78 is 5.35. The highest BCUT2D eigenvalue weighted by atomic mass is 127. The molecule has 132 valence electrons. The monoisotopic (exact) mass is 426 g/mol. The van der Waals surface area contributed by atoms with E-state index in [9.17, 15) is 0 Å². The van der Waals surface area contributed by atoms with Crippen LogP contribution in [0.5, 0.6) is 0 Å². The van der Waals surface area contributed by atoms with Gasteiger partial charge in [-0.1, -0.05) is 6.42 Å². The largest absolute Gasteiger partial charge is 0.380 e. The van der Waals surface area contributed by atoms with Crippen LogP contribution in [0.4, 0.5) is 0 Å². The van der Waals surface area contributed by atoms with Crippen molar-refractivity contribution in [2.45, 2.75) is 52.5 Å². The van der Waals surface area contributed by atoms with Crippen LogP contribution in [0.25, 0.3) is 0 Å². The molecule has 1 aliphatic rings. The molecule has 0 aliphatic carbocycles. The van der Waals surface area contributed by atoms with Crippen LogP contribution >= 0.6 is 24.0 Å². The van der Waals surface area contributed by atoms with E-state index in [1.165, 1.54) is 32.4 Å². The fourth-order valence-electron chi connectivity index (χ4n) is 2.60. The predicted molar refractivity (Wildman–Crippen MR) is 105 cm³/mol. The molecule has 0 amide bonds. The molecule has 0 saturated carbocycles. The maximum absolute atomic E-state index is 5.35. The molecule has 1 aliphatic heterocycles. The summed E-state index contributed by atoms with van der Waals surface area (Å²) >= 11 is 0. The Balaban J connectivity index is 0.00000441. The number of halogens is 1. The van der Waals surface area contributed by atoms with E-state index in [1.807, 2.05) is 6.92 Å². The summed E-state index contributed by atoms with van der Waals surface area (Å²) in [5, 5.41) is 6.63. The first-order valence-corrected chi connectivity index (χ1v) is 8.45. The van der Waals surface area contributed by atoms with Gasteiger partial charge in [-0.05, 0) is 53.6 Å². The number of piperidine rings is 1. The average molecular weight is 426 g/mol. The molecule has 6 heteroatoms. The van der Waals surface area contributed by atoms with Crippen molar-refractivity contribution in [2.24, 2.45) is 4.99 Å². The number of rotatable bonds is 8. The molecule has 0 atom stereocenters. The summed E-state index contributed by atoms with van der Waals surface area (Å²) in [5.41, 5.74) is 0.128. The third kappa shape index (κ3) is 8.53. The lowest BCUT2D eigenvalue weighted by atomic mass is 9.99. The van der Waals surface area contributed by atoms with E-state index in [2.05, 4.69) is 36.3 Å². The summed E-state index contributed by atoms with van der Waals surface area (Å²) in [6, 6.07) is 0. The third-order valence-corrected chi connectivity index (χ3v) is 3.92. The molecule has 1 heterocycles. The van der Waals surface area contributed by atoms with Gasteiger partial charge in [0.25, 0.3) is 0 Å². The minimum atomic E-state index is 0. The van der Waals surface area contributed by atoms with Gasteiger partial charge in [-0.25, -0.2) is 0 Å². The van der Waals surface area contributed by atoms with Crippen LogP contribution in [0, 0.1) is 0 Å². The Bertz CT molecular complexity index is 305. The summed E-state index contributed by atoms with van der Waals surface area (Å²) in [4.78, 5) is 7.33. The number of hydrogen-bond donors (Lipinski definition) is 2. The molecule has 1 fully saturated rings. The van der Waals surface area contributed by atoms with Crippen LogP contribution in [-0.2, 0) is 4.74 Å². The number of hydrogen-bond acceptors (Lipinski definition) is 3. The molecule has 0 bridgehead atoms. The number of nitrogens with one attached hydrogen (secondary N) is 2. The van der Waals surface area contributed by atoms with Gasteiger partial charge in [-0.15, -0.1) is 24.0 Å². The van der Waals surface area contributed by atoms with Crippen LogP contribution in [-0.4, -0.2) is 62.3 Å². The number of ether oxygens (including phenoxy) is 1. The number of aliphatic imine (C=N–C) groups is 1. The van der Waals surface area contributed by atoms with Crippen molar-refractivity contribution >= 4 is 29.9 Å². The summed E-state index contributed by atoms with van der Waals surface area (Å²) in [6.07, 6.45) is 4.01. The zero-order valence-electron chi connectivity index (χ0n) is 14.8. The van der Waals surface area contributed by atoms with E-state index in [4.69, 9.17) is 9.73 Å². The molecule has 2 N–H and O–H groups in total. The van der Waals surface area contributed by atoms with E-state index in [1.54, 1.807) is 0 Å². The van der Waals surface area contributed by atoms with Crippen molar-refractivity contribution in [3.63, 3.8) is 0 Å². The normalized spacial score (nSPS) is 17.0. The topological polar surface area (TPSA) is 48.9 Å². The van der Waals surface area contributed by atoms with Crippen LogP contribution in [0.2, 0.25) is 0 Å². The van der Waals surface area contributed by atoms with Crippen LogP contribution < -0.4 is 10.6 Å². The van der Waals surface area contributed by atoms with Crippen molar-refractivity contribution in [3.05, 3.63) is 0 Å². The van der Waals surface area contributed by atoms with Crippen molar-refractivity contribution in [2.75, 3.05) is 45.9 Å². The highest BCUT2D eigenvalue weighted by Gasteiger charge is 2.27. The fraction of sp³-hybridized carbons (Fsp3) is 0.938. The van der Waals surface area contributed by atoms with Gasteiger partial charge < -0.3 is 15.4 Å². The molecule has 0 unspecified atom stereocenters. The van der Waals surface area contributed by atoms with Crippen molar-refractivity contribution in [3.8, 4) is 0 Å². The Morgan fingerprint density at radius 3 is 2.41 bits per heavy atom. The van der Waals surface area contributed by atoms with Gasteiger partial charge in [0.05, 0.1) is 13.2 Å². The van der Waals surface area contributed by atoms with Gasteiger partial charge in [0.15, 0.2) is 5.96 Å². The van der Waals surface area contributed by atoms with Crippen LogP contribution in [0.3, 0.4) is 0 Å². The standard InChI is InChI=1S/C16H34N4O.HI/c1-5-17-15(18-10-13-21-6-2)19-14-16(3,4)20-11-8-7-9-12-20;/h5-14H2,1-4H3,(H2,17,18,19);1H. The zero-order chi connectivity index (χ0) is 15.6. The smallest absolute Gasteiger partial charge is 0.191 e. The highest BCUT2D eigenvalue weighted by Crippen LogP contribution is 2.20. The summed E-state index contributed by atoms with van der Waals surface area (Å²) in [6.45, 7) is 15.1. The minimum Gasteiger partial charge on any atom is -0.380 e. The molecule has 5 nitrogen and oxygen atoms in total. The number of nitrogens with zero attached hydrogens (tertiary/aromatic N) is 2. The maximum atomic E-state index is 5.35. The first kappa shape index (κ1) is 21.9.